The third-order valence-corrected chi connectivity index (χ3v) is 5.34. The Hall–Kier alpha value is -0.130. The molecule has 2 N–H and O–H groups in total. The van der Waals surface area contributed by atoms with Gasteiger partial charge in [-0.15, -0.1) is 24.0 Å². The lowest BCUT2D eigenvalue weighted by Gasteiger charge is -2.30. The van der Waals surface area contributed by atoms with Gasteiger partial charge in [-0.1, -0.05) is 13.8 Å². The zero-order valence-corrected chi connectivity index (χ0v) is 19.1. The lowest BCUT2D eigenvalue weighted by molar-refractivity contribution is 0.108. The summed E-state index contributed by atoms with van der Waals surface area (Å²) >= 11 is 0. The van der Waals surface area contributed by atoms with Gasteiger partial charge in [-0.2, -0.15) is 0 Å². The first-order valence-electron chi connectivity index (χ1n) is 8.80. The summed E-state index contributed by atoms with van der Waals surface area (Å²) in [4.78, 5) is 4.22. The Morgan fingerprint density at radius 1 is 1.28 bits per heavy atom. The summed E-state index contributed by atoms with van der Waals surface area (Å²) in [5, 5.41) is 6.61. The molecule has 0 aliphatic carbocycles. The first kappa shape index (κ1) is 24.9. The minimum Gasteiger partial charge on any atom is -0.381 e. The number of rotatable bonds is 9. The summed E-state index contributed by atoms with van der Waals surface area (Å²) in [5.74, 6) is 1.85. The first-order valence-corrected chi connectivity index (χ1v) is 10.6. The van der Waals surface area contributed by atoms with Crippen LogP contribution in [0.1, 0.15) is 33.1 Å². The van der Waals surface area contributed by atoms with Crippen LogP contribution in [0.2, 0.25) is 0 Å². The van der Waals surface area contributed by atoms with Crippen LogP contribution < -0.4 is 10.6 Å². The van der Waals surface area contributed by atoms with Crippen molar-refractivity contribution in [2.75, 3.05) is 52.7 Å². The number of ether oxygens (including phenoxy) is 1. The van der Waals surface area contributed by atoms with Gasteiger partial charge >= 0.3 is 0 Å². The molecule has 0 amide bonds. The number of hydrogen-bond donors (Lipinski definition) is 2. The molecule has 0 saturated carbocycles. The van der Waals surface area contributed by atoms with Gasteiger partial charge in [-0.3, -0.25) is 4.99 Å². The highest BCUT2D eigenvalue weighted by Crippen LogP contribution is 2.18. The molecule has 0 aromatic rings. The van der Waals surface area contributed by atoms with Crippen molar-refractivity contribution in [1.82, 2.24) is 14.9 Å². The van der Waals surface area contributed by atoms with Crippen molar-refractivity contribution in [1.29, 1.82) is 0 Å². The molecule has 1 heterocycles. The van der Waals surface area contributed by atoms with E-state index in [4.69, 9.17) is 4.74 Å². The van der Waals surface area contributed by atoms with Gasteiger partial charge in [0, 0.05) is 46.4 Å². The summed E-state index contributed by atoms with van der Waals surface area (Å²) in [7, 11) is -1.28. The van der Waals surface area contributed by atoms with Gasteiger partial charge in [0.2, 0.25) is 10.0 Å². The van der Waals surface area contributed by atoms with Gasteiger partial charge in [-0.05, 0) is 31.1 Å². The SMILES string of the molecule is CN=C(NCCCOCC(C)C)NCC1CCN(S(C)(=O)=O)CC1.I. The maximum atomic E-state index is 11.5. The predicted octanol–water partition coefficient (Wildman–Crippen LogP) is 1.50. The fraction of sp³-hybridized carbons (Fsp3) is 0.938. The molecule has 7 nitrogen and oxygen atoms in total. The summed E-state index contributed by atoms with van der Waals surface area (Å²) in [6.07, 6.45) is 4.00. The van der Waals surface area contributed by atoms with E-state index in [9.17, 15) is 8.42 Å². The normalized spacial score (nSPS) is 17.4. The average molecular weight is 490 g/mol. The van der Waals surface area contributed by atoms with Crippen LogP contribution in [0.5, 0.6) is 0 Å². The van der Waals surface area contributed by atoms with Crippen molar-refractivity contribution < 1.29 is 13.2 Å². The fourth-order valence-corrected chi connectivity index (χ4v) is 3.48. The zero-order valence-electron chi connectivity index (χ0n) is 16.0. The lowest BCUT2D eigenvalue weighted by Crippen LogP contribution is -2.44. The van der Waals surface area contributed by atoms with E-state index < -0.39 is 10.0 Å². The fourth-order valence-electron chi connectivity index (χ4n) is 2.61. The molecule has 0 bridgehead atoms. The summed E-state index contributed by atoms with van der Waals surface area (Å²) < 4.78 is 30.1. The average Bonchev–Trinajstić information content (AvgIpc) is 2.52. The predicted molar refractivity (Wildman–Crippen MR) is 114 cm³/mol. The molecule has 0 radical (unpaired) electrons. The third-order valence-electron chi connectivity index (χ3n) is 4.03. The van der Waals surface area contributed by atoms with Gasteiger partial charge in [-0.25, -0.2) is 12.7 Å². The van der Waals surface area contributed by atoms with Gasteiger partial charge in [0.25, 0.3) is 0 Å². The van der Waals surface area contributed by atoms with Gasteiger partial charge < -0.3 is 15.4 Å². The second-order valence-electron chi connectivity index (χ2n) is 6.81. The van der Waals surface area contributed by atoms with E-state index in [0.29, 0.717) is 24.9 Å². The molecule has 1 aliphatic rings. The Kier molecular flexibility index (Phi) is 13.0. The maximum Gasteiger partial charge on any atom is 0.211 e. The highest BCUT2D eigenvalue weighted by atomic mass is 127. The molecule has 0 atom stereocenters. The molecule has 1 saturated heterocycles. The van der Waals surface area contributed by atoms with Crippen LogP contribution in [0.15, 0.2) is 4.99 Å². The molecule has 25 heavy (non-hydrogen) atoms. The Bertz CT molecular complexity index is 478. The summed E-state index contributed by atoms with van der Waals surface area (Å²) in [6, 6.07) is 0. The highest BCUT2D eigenvalue weighted by molar-refractivity contribution is 14.0. The number of nitrogens with zero attached hydrogens (tertiary/aromatic N) is 2. The number of nitrogens with one attached hydrogen (secondary N) is 2. The molecule has 1 fully saturated rings. The van der Waals surface area contributed by atoms with Crippen molar-refractivity contribution in [3.8, 4) is 0 Å². The second-order valence-corrected chi connectivity index (χ2v) is 8.79. The third kappa shape index (κ3) is 11.2. The largest absolute Gasteiger partial charge is 0.381 e. The Balaban J connectivity index is 0.00000576. The van der Waals surface area contributed by atoms with E-state index in [-0.39, 0.29) is 24.0 Å². The van der Waals surface area contributed by atoms with Crippen molar-refractivity contribution >= 4 is 40.0 Å². The van der Waals surface area contributed by atoms with Crippen molar-refractivity contribution in [2.45, 2.75) is 33.1 Å². The minimum atomic E-state index is -3.05. The standard InChI is InChI=1S/C16H34N4O3S.HI/c1-14(2)13-23-11-5-8-18-16(17-3)19-12-15-6-9-20(10-7-15)24(4,21)22;/h14-15H,5-13H2,1-4H3,(H2,17,18,19);1H. The van der Waals surface area contributed by atoms with Crippen molar-refractivity contribution in [3.63, 3.8) is 0 Å². The molecular formula is C16H35IN4O3S. The minimum absolute atomic E-state index is 0. The maximum absolute atomic E-state index is 11.5. The molecule has 0 unspecified atom stereocenters. The van der Waals surface area contributed by atoms with Crippen molar-refractivity contribution in [2.24, 2.45) is 16.8 Å². The molecule has 1 aliphatic heterocycles. The molecule has 150 valence electrons. The summed E-state index contributed by atoms with van der Waals surface area (Å²) in [5.41, 5.74) is 0. The topological polar surface area (TPSA) is 83.0 Å². The van der Waals surface area contributed by atoms with E-state index in [1.54, 1.807) is 11.4 Å². The van der Waals surface area contributed by atoms with Gasteiger partial charge in [0.1, 0.15) is 0 Å². The van der Waals surface area contributed by atoms with Crippen molar-refractivity contribution in [3.05, 3.63) is 0 Å². The van der Waals surface area contributed by atoms with E-state index >= 15 is 0 Å². The van der Waals surface area contributed by atoms with Gasteiger partial charge in [0.15, 0.2) is 5.96 Å². The number of hydrogen-bond acceptors (Lipinski definition) is 4. The van der Waals surface area contributed by atoms with E-state index in [2.05, 4.69) is 29.5 Å². The molecule has 9 heteroatoms. The number of guanidine groups is 1. The molecular weight excluding hydrogens is 455 g/mol. The van der Waals surface area contributed by atoms with Crippen LogP contribution in [-0.2, 0) is 14.8 Å². The quantitative estimate of drug-likeness (QED) is 0.222. The van der Waals surface area contributed by atoms with Gasteiger partial charge in [0.05, 0.1) is 6.26 Å². The monoisotopic (exact) mass is 490 g/mol. The second kappa shape index (κ2) is 13.1. The number of aliphatic imine (C=N–C) groups is 1. The number of halogens is 1. The first-order chi connectivity index (χ1) is 11.3. The van der Waals surface area contributed by atoms with Crippen LogP contribution in [-0.4, -0.2) is 71.4 Å². The smallest absolute Gasteiger partial charge is 0.211 e. The lowest BCUT2D eigenvalue weighted by atomic mass is 9.98. The Morgan fingerprint density at radius 3 is 2.44 bits per heavy atom. The van der Waals surface area contributed by atoms with Crippen LogP contribution in [0.25, 0.3) is 0 Å². The Labute approximate surface area is 170 Å². The Morgan fingerprint density at radius 2 is 1.92 bits per heavy atom. The summed E-state index contributed by atoms with van der Waals surface area (Å²) in [6.45, 7) is 8.72. The van der Waals surface area contributed by atoms with Crippen LogP contribution in [0.3, 0.4) is 0 Å². The molecule has 0 aromatic heterocycles. The number of piperidine rings is 1. The van der Waals surface area contributed by atoms with E-state index in [1.165, 1.54) is 6.26 Å². The molecule has 0 aromatic carbocycles. The van der Waals surface area contributed by atoms with E-state index in [0.717, 1.165) is 51.5 Å². The van der Waals surface area contributed by atoms with Crippen LogP contribution in [0.4, 0.5) is 0 Å². The van der Waals surface area contributed by atoms with Crippen LogP contribution in [0, 0.1) is 11.8 Å². The highest BCUT2D eigenvalue weighted by Gasteiger charge is 2.24. The van der Waals surface area contributed by atoms with E-state index in [1.807, 2.05) is 0 Å². The van der Waals surface area contributed by atoms with Crippen LogP contribution >= 0.6 is 24.0 Å². The molecule has 0 spiro atoms. The molecule has 1 rings (SSSR count). The number of sulfonamides is 1. The zero-order chi connectivity index (χ0) is 18.0.